The van der Waals surface area contributed by atoms with Crippen LogP contribution in [0.15, 0.2) is 55.0 Å². The largest absolute Gasteiger partial charge is 0.382 e. The van der Waals surface area contributed by atoms with Gasteiger partial charge >= 0.3 is 0 Å². The maximum atomic E-state index is 14.8. The zero-order chi connectivity index (χ0) is 26.2. The fourth-order valence-corrected chi connectivity index (χ4v) is 4.05. The minimum atomic E-state index is -1.14. The maximum absolute atomic E-state index is 14.8. The van der Waals surface area contributed by atoms with Crippen molar-refractivity contribution >= 4 is 34.1 Å². The Kier molecular flexibility index (Phi) is 6.93. The van der Waals surface area contributed by atoms with Crippen molar-refractivity contribution in [3.05, 3.63) is 82.8 Å². The summed E-state index contributed by atoms with van der Waals surface area (Å²) in [5.41, 5.74) is 2.47. The molecule has 2 aromatic carbocycles. The van der Waals surface area contributed by atoms with Gasteiger partial charge in [0.05, 0.1) is 22.3 Å². The van der Waals surface area contributed by atoms with Crippen molar-refractivity contribution in [3.8, 4) is 11.1 Å². The minimum Gasteiger partial charge on any atom is -0.382 e. The molecule has 0 aliphatic rings. The number of hydrogen-bond acceptors (Lipinski definition) is 6. The molecule has 1 amide bonds. The number of halogens is 2. The molecule has 1 atom stereocenters. The second kappa shape index (κ2) is 9.79. The molecule has 2 N–H and O–H groups in total. The zero-order valence-electron chi connectivity index (χ0n) is 20.7. The van der Waals surface area contributed by atoms with Gasteiger partial charge in [-0.15, -0.1) is 0 Å². The number of rotatable bonds is 6. The summed E-state index contributed by atoms with van der Waals surface area (Å²) >= 11 is 6.54. The number of aromatic nitrogens is 3. The van der Waals surface area contributed by atoms with Crippen LogP contribution in [0.3, 0.4) is 0 Å². The number of aliphatic hydroxyl groups is 1. The average Bonchev–Trinajstić information content (AvgIpc) is 2.84. The van der Waals surface area contributed by atoms with Gasteiger partial charge < -0.3 is 15.3 Å². The number of amides is 1. The number of benzene rings is 2. The molecule has 0 radical (unpaired) electrons. The van der Waals surface area contributed by atoms with E-state index in [9.17, 15) is 14.3 Å². The van der Waals surface area contributed by atoms with Crippen LogP contribution in [0.2, 0.25) is 5.02 Å². The molecule has 4 aromatic rings. The van der Waals surface area contributed by atoms with Gasteiger partial charge in [0.1, 0.15) is 11.4 Å². The summed E-state index contributed by atoms with van der Waals surface area (Å²) in [5.74, 6) is -0.312. The minimum absolute atomic E-state index is 0.210. The second-order valence-electron chi connectivity index (χ2n) is 9.37. The first-order chi connectivity index (χ1) is 17.0. The van der Waals surface area contributed by atoms with Gasteiger partial charge in [0.25, 0.3) is 5.91 Å². The van der Waals surface area contributed by atoms with Gasteiger partial charge in [0, 0.05) is 54.8 Å². The molecule has 0 aliphatic heterocycles. The molecular weight excluding hydrogens is 481 g/mol. The smallest absolute Gasteiger partial charge is 0.253 e. The normalized spacial score (nSPS) is 12.4. The molecule has 1 unspecified atom stereocenters. The Hall–Kier alpha value is -3.62. The molecule has 0 fully saturated rings. The van der Waals surface area contributed by atoms with Gasteiger partial charge in [-0.25, -0.2) is 14.4 Å². The van der Waals surface area contributed by atoms with E-state index in [0.29, 0.717) is 33.2 Å². The van der Waals surface area contributed by atoms with E-state index < -0.39 is 17.5 Å². The van der Waals surface area contributed by atoms with Crippen LogP contribution >= 0.6 is 11.6 Å². The van der Waals surface area contributed by atoms with Crippen molar-refractivity contribution in [1.82, 2.24) is 19.9 Å². The number of carbonyl (C=O) groups excluding carboxylic acids is 1. The van der Waals surface area contributed by atoms with E-state index in [4.69, 9.17) is 11.6 Å². The molecule has 2 aromatic heterocycles. The van der Waals surface area contributed by atoms with Crippen molar-refractivity contribution in [2.75, 3.05) is 19.4 Å². The van der Waals surface area contributed by atoms with Crippen molar-refractivity contribution in [2.45, 2.75) is 32.4 Å². The Labute approximate surface area is 214 Å². The lowest BCUT2D eigenvalue weighted by molar-refractivity contribution is 0.0687. The Morgan fingerprint density at radius 1 is 1.06 bits per heavy atom. The highest BCUT2D eigenvalue weighted by Gasteiger charge is 2.20. The predicted molar refractivity (Wildman–Crippen MR) is 139 cm³/mol. The molecule has 7 nitrogen and oxygen atoms in total. The van der Waals surface area contributed by atoms with E-state index in [1.165, 1.54) is 17.0 Å². The molecular formula is C27H27ClFN5O2. The summed E-state index contributed by atoms with van der Waals surface area (Å²) in [4.78, 5) is 26.8. The number of anilines is 1. The van der Waals surface area contributed by atoms with Crippen molar-refractivity contribution < 1.29 is 14.3 Å². The van der Waals surface area contributed by atoms with Gasteiger partial charge in [-0.1, -0.05) is 17.7 Å². The number of nitrogens with one attached hydrogen (secondary N) is 1. The van der Waals surface area contributed by atoms with Crippen LogP contribution in [0.5, 0.6) is 0 Å². The Bertz CT molecular complexity index is 1440. The quantitative estimate of drug-likeness (QED) is 0.353. The highest BCUT2D eigenvalue weighted by atomic mass is 35.5. The van der Waals surface area contributed by atoms with Crippen LogP contribution < -0.4 is 5.32 Å². The number of carbonyl (C=O) groups is 1. The summed E-state index contributed by atoms with van der Waals surface area (Å²) in [5, 5.41) is 14.6. The number of fused-ring (bicyclic) bond motifs is 1. The van der Waals surface area contributed by atoms with Gasteiger partial charge in [0.2, 0.25) is 0 Å². The third kappa shape index (κ3) is 5.15. The average molecular weight is 508 g/mol. The molecule has 0 aliphatic carbocycles. The Morgan fingerprint density at radius 2 is 1.75 bits per heavy atom. The van der Waals surface area contributed by atoms with Crippen LogP contribution in [0.25, 0.3) is 22.0 Å². The Morgan fingerprint density at radius 3 is 2.39 bits per heavy atom. The second-order valence-corrected chi connectivity index (χ2v) is 9.78. The van der Waals surface area contributed by atoms with Gasteiger partial charge in [-0.2, -0.15) is 0 Å². The predicted octanol–water partition coefficient (Wildman–Crippen LogP) is 5.59. The molecule has 2 heterocycles. The van der Waals surface area contributed by atoms with E-state index in [1.54, 1.807) is 59.5 Å². The summed E-state index contributed by atoms with van der Waals surface area (Å²) in [7, 11) is 3.30. The molecule has 36 heavy (non-hydrogen) atoms. The molecule has 186 valence electrons. The number of nitrogens with zero attached hydrogens (tertiary/aromatic N) is 4. The number of pyridine rings is 1. The third-order valence-corrected chi connectivity index (χ3v) is 6.12. The summed E-state index contributed by atoms with van der Waals surface area (Å²) < 4.78 is 14.8. The molecule has 0 bridgehead atoms. The van der Waals surface area contributed by atoms with Crippen molar-refractivity contribution in [1.29, 1.82) is 0 Å². The monoisotopic (exact) mass is 507 g/mol. The van der Waals surface area contributed by atoms with Crippen LogP contribution in [0.4, 0.5) is 10.1 Å². The molecule has 9 heteroatoms. The lowest BCUT2D eigenvalue weighted by Crippen LogP contribution is -2.22. The van der Waals surface area contributed by atoms with E-state index in [-0.39, 0.29) is 5.91 Å². The molecule has 0 saturated heterocycles. The Balaban J connectivity index is 1.72. The van der Waals surface area contributed by atoms with E-state index >= 15 is 0 Å². The molecule has 0 saturated carbocycles. The third-order valence-electron chi connectivity index (χ3n) is 5.83. The standard InChI is InChI=1S/C27H27ClFN5O2/c1-15(19-11-17(6-8-22(19)29)25(35)34(4)5)33-24-20-10-16(7-9-23(20)30-14-21(24)28)18-12-31-26(32-13-18)27(2,3)36/h6-15,36H,1-5H3,(H,30,33). The highest BCUT2D eigenvalue weighted by Crippen LogP contribution is 2.35. The first kappa shape index (κ1) is 25.5. The lowest BCUT2D eigenvalue weighted by atomic mass is 10.0. The fourth-order valence-electron chi connectivity index (χ4n) is 3.85. The van der Waals surface area contributed by atoms with Crippen molar-refractivity contribution in [3.63, 3.8) is 0 Å². The lowest BCUT2D eigenvalue weighted by Gasteiger charge is -2.20. The van der Waals surface area contributed by atoms with E-state index in [0.717, 1.165) is 16.5 Å². The van der Waals surface area contributed by atoms with Crippen LogP contribution in [0.1, 0.15) is 48.6 Å². The van der Waals surface area contributed by atoms with Crippen molar-refractivity contribution in [2.24, 2.45) is 0 Å². The van der Waals surface area contributed by atoms with Gasteiger partial charge in [-0.05, 0) is 56.7 Å². The highest BCUT2D eigenvalue weighted by molar-refractivity contribution is 6.34. The first-order valence-corrected chi connectivity index (χ1v) is 11.7. The van der Waals surface area contributed by atoms with E-state index in [1.807, 2.05) is 18.2 Å². The van der Waals surface area contributed by atoms with Crippen LogP contribution in [-0.4, -0.2) is 45.0 Å². The number of hydrogen-bond donors (Lipinski definition) is 2. The SMILES string of the molecule is CC(Nc1c(Cl)cnc2ccc(-c3cnc(C(C)(C)O)nc3)cc12)c1cc(C(=O)N(C)C)ccc1F. The summed E-state index contributed by atoms with van der Waals surface area (Å²) in [6.45, 7) is 5.05. The van der Waals surface area contributed by atoms with Crippen LogP contribution in [-0.2, 0) is 5.60 Å². The maximum Gasteiger partial charge on any atom is 0.253 e. The summed E-state index contributed by atoms with van der Waals surface area (Å²) in [6.07, 6.45) is 4.85. The van der Waals surface area contributed by atoms with Gasteiger partial charge in [-0.3, -0.25) is 9.78 Å². The fraction of sp³-hybridized carbons (Fsp3) is 0.259. The topological polar surface area (TPSA) is 91.2 Å². The molecule has 0 spiro atoms. The van der Waals surface area contributed by atoms with Gasteiger partial charge in [0.15, 0.2) is 5.82 Å². The summed E-state index contributed by atoms with van der Waals surface area (Å²) in [6, 6.07) is 9.49. The first-order valence-electron chi connectivity index (χ1n) is 11.4. The molecule has 4 rings (SSSR count). The zero-order valence-corrected chi connectivity index (χ0v) is 21.4. The van der Waals surface area contributed by atoms with E-state index in [2.05, 4.69) is 20.3 Å². The van der Waals surface area contributed by atoms with Crippen LogP contribution in [0, 0.1) is 5.82 Å².